The van der Waals surface area contributed by atoms with Crippen molar-refractivity contribution in [2.24, 2.45) is 5.73 Å². The van der Waals surface area contributed by atoms with Gasteiger partial charge in [0.15, 0.2) is 6.73 Å². The normalized spacial score (nSPS) is 10.8. The SMILES string of the molecule is NCc1cnn(COP(Oc2ccccc2)Oc2ccccc2)n1. The second-order valence-corrected chi connectivity index (χ2v) is 5.77. The van der Waals surface area contributed by atoms with Crippen molar-refractivity contribution >= 4 is 8.60 Å². The third-order valence-corrected chi connectivity index (χ3v) is 3.96. The maximum absolute atomic E-state index is 5.80. The largest absolute Gasteiger partial charge is 0.465 e. The maximum atomic E-state index is 5.80. The molecule has 8 heteroatoms. The van der Waals surface area contributed by atoms with Crippen LogP contribution in [0.5, 0.6) is 11.5 Å². The van der Waals surface area contributed by atoms with Gasteiger partial charge in [-0.2, -0.15) is 15.0 Å². The van der Waals surface area contributed by atoms with E-state index in [1.807, 2.05) is 60.7 Å². The van der Waals surface area contributed by atoms with Gasteiger partial charge in [0.1, 0.15) is 11.5 Å². The summed E-state index contributed by atoms with van der Waals surface area (Å²) in [7, 11) is -1.66. The highest BCUT2D eigenvalue weighted by atomic mass is 31.2. The maximum Gasteiger partial charge on any atom is 0.465 e. The lowest BCUT2D eigenvalue weighted by Crippen LogP contribution is -2.08. The van der Waals surface area contributed by atoms with Gasteiger partial charge in [-0.05, 0) is 24.3 Å². The molecule has 3 rings (SSSR count). The van der Waals surface area contributed by atoms with Crippen molar-refractivity contribution in [1.82, 2.24) is 15.0 Å². The number of para-hydroxylation sites is 2. The topological polar surface area (TPSA) is 84.4 Å². The fourth-order valence-corrected chi connectivity index (χ4v) is 2.72. The van der Waals surface area contributed by atoms with Crippen LogP contribution in [0.15, 0.2) is 66.9 Å². The Morgan fingerprint density at radius 2 is 1.50 bits per heavy atom. The van der Waals surface area contributed by atoms with E-state index in [0.717, 1.165) is 0 Å². The Morgan fingerprint density at radius 1 is 0.917 bits per heavy atom. The number of nitrogens with zero attached hydrogens (tertiary/aromatic N) is 3. The summed E-state index contributed by atoms with van der Waals surface area (Å²) in [6.07, 6.45) is 1.60. The monoisotopic (exact) mass is 344 g/mol. The summed E-state index contributed by atoms with van der Waals surface area (Å²) in [6, 6.07) is 18.7. The molecule has 0 amide bonds. The Bertz CT molecular complexity index is 698. The molecule has 0 saturated carbocycles. The first kappa shape index (κ1) is 16.4. The van der Waals surface area contributed by atoms with Crippen molar-refractivity contribution in [2.45, 2.75) is 13.3 Å². The van der Waals surface area contributed by atoms with E-state index in [-0.39, 0.29) is 6.73 Å². The summed E-state index contributed by atoms with van der Waals surface area (Å²) < 4.78 is 17.3. The highest BCUT2D eigenvalue weighted by molar-refractivity contribution is 7.42. The van der Waals surface area contributed by atoms with Gasteiger partial charge in [-0.15, -0.1) is 0 Å². The minimum atomic E-state index is -1.66. The predicted molar refractivity (Wildman–Crippen MR) is 90.1 cm³/mol. The minimum absolute atomic E-state index is 0.103. The molecular formula is C16H17N4O3P. The zero-order chi connectivity index (χ0) is 16.6. The molecule has 0 saturated heterocycles. The van der Waals surface area contributed by atoms with Gasteiger partial charge in [0.25, 0.3) is 0 Å². The van der Waals surface area contributed by atoms with Crippen LogP contribution < -0.4 is 14.8 Å². The third kappa shape index (κ3) is 4.76. The number of rotatable bonds is 8. The molecular weight excluding hydrogens is 327 g/mol. The van der Waals surface area contributed by atoms with Crippen LogP contribution in [0.4, 0.5) is 0 Å². The Kier molecular flexibility index (Phi) is 5.74. The van der Waals surface area contributed by atoms with Crippen LogP contribution in [-0.2, 0) is 17.8 Å². The number of benzene rings is 2. The smallest absolute Gasteiger partial charge is 0.418 e. The summed E-state index contributed by atoms with van der Waals surface area (Å²) in [5.41, 5.74) is 6.21. The second kappa shape index (κ2) is 8.40. The minimum Gasteiger partial charge on any atom is -0.418 e. The molecule has 0 unspecified atom stereocenters. The van der Waals surface area contributed by atoms with E-state index >= 15 is 0 Å². The van der Waals surface area contributed by atoms with Gasteiger partial charge in [-0.3, -0.25) is 4.52 Å². The zero-order valence-corrected chi connectivity index (χ0v) is 13.8. The first-order valence-corrected chi connectivity index (χ1v) is 8.41. The van der Waals surface area contributed by atoms with Crippen LogP contribution in [0.2, 0.25) is 0 Å². The fourth-order valence-electron chi connectivity index (χ4n) is 1.79. The van der Waals surface area contributed by atoms with Crippen molar-refractivity contribution in [3.63, 3.8) is 0 Å². The Balaban J connectivity index is 1.66. The molecule has 24 heavy (non-hydrogen) atoms. The van der Waals surface area contributed by atoms with Gasteiger partial charge in [0.05, 0.1) is 11.9 Å². The van der Waals surface area contributed by atoms with Crippen LogP contribution in [0.25, 0.3) is 0 Å². The molecule has 0 bridgehead atoms. The van der Waals surface area contributed by atoms with Crippen LogP contribution in [0.1, 0.15) is 5.69 Å². The molecule has 0 aliphatic carbocycles. The Labute approximate surface area is 141 Å². The van der Waals surface area contributed by atoms with E-state index in [1.54, 1.807) is 6.20 Å². The first-order valence-electron chi connectivity index (χ1n) is 7.31. The van der Waals surface area contributed by atoms with Gasteiger partial charge in [0, 0.05) is 6.54 Å². The average Bonchev–Trinajstić information content (AvgIpc) is 3.10. The van der Waals surface area contributed by atoms with Crippen LogP contribution in [-0.4, -0.2) is 15.0 Å². The molecule has 0 atom stereocenters. The summed E-state index contributed by atoms with van der Waals surface area (Å²) in [5, 5.41) is 8.24. The van der Waals surface area contributed by atoms with Crippen LogP contribution in [0.3, 0.4) is 0 Å². The molecule has 0 radical (unpaired) electrons. The third-order valence-electron chi connectivity index (χ3n) is 2.92. The number of hydrogen-bond acceptors (Lipinski definition) is 6. The van der Waals surface area contributed by atoms with E-state index < -0.39 is 8.60 Å². The van der Waals surface area contributed by atoms with Crippen LogP contribution >= 0.6 is 8.60 Å². The van der Waals surface area contributed by atoms with E-state index in [4.69, 9.17) is 19.3 Å². The highest BCUT2D eigenvalue weighted by Gasteiger charge is 2.18. The van der Waals surface area contributed by atoms with E-state index in [9.17, 15) is 0 Å². The summed E-state index contributed by atoms with van der Waals surface area (Å²) in [6.45, 7) is 0.432. The van der Waals surface area contributed by atoms with Crippen molar-refractivity contribution < 1.29 is 13.6 Å². The molecule has 2 N–H and O–H groups in total. The summed E-state index contributed by atoms with van der Waals surface area (Å²) >= 11 is 0. The van der Waals surface area contributed by atoms with Crippen molar-refractivity contribution in [1.29, 1.82) is 0 Å². The molecule has 0 fully saturated rings. The predicted octanol–water partition coefficient (Wildman–Crippen LogP) is 3.10. The van der Waals surface area contributed by atoms with Gasteiger partial charge in [-0.25, -0.2) is 0 Å². The molecule has 1 heterocycles. The van der Waals surface area contributed by atoms with Gasteiger partial charge >= 0.3 is 8.60 Å². The van der Waals surface area contributed by atoms with E-state index in [2.05, 4.69) is 10.2 Å². The molecule has 124 valence electrons. The lowest BCUT2D eigenvalue weighted by Gasteiger charge is -2.17. The van der Waals surface area contributed by atoms with E-state index in [1.165, 1.54) is 4.80 Å². The average molecular weight is 344 g/mol. The van der Waals surface area contributed by atoms with Gasteiger partial charge < -0.3 is 14.8 Å². The molecule has 2 aromatic carbocycles. The molecule has 7 nitrogen and oxygen atoms in total. The molecule has 0 aliphatic heterocycles. The molecule has 3 aromatic rings. The number of aromatic nitrogens is 3. The van der Waals surface area contributed by atoms with Crippen molar-refractivity contribution in [2.75, 3.05) is 0 Å². The fraction of sp³-hybridized carbons (Fsp3) is 0.125. The number of hydrogen-bond donors (Lipinski definition) is 1. The summed E-state index contributed by atoms with van der Waals surface area (Å²) in [5.74, 6) is 1.33. The standard InChI is InChI=1S/C16H17N4O3P/c17-11-14-12-18-20(19-14)13-21-24(22-15-7-3-1-4-8-15)23-16-9-5-2-6-10-16/h1-10,12H,11,13,17H2. The highest BCUT2D eigenvalue weighted by Crippen LogP contribution is 2.41. The lowest BCUT2D eigenvalue weighted by molar-refractivity contribution is 0.179. The van der Waals surface area contributed by atoms with Gasteiger partial charge in [-0.1, -0.05) is 36.4 Å². The van der Waals surface area contributed by atoms with Crippen LogP contribution in [0, 0.1) is 0 Å². The first-order chi connectivity index (χ1) is 11.8. The molecule has 0 aliphatic rings. The summed E-state index contributed by atoms with van der Waals surface area (Å²) in [4.78, 5) is 1.40. The quantitative estimate of drug-likeness (QED) is 0.632. The second-order valence-electron chi connectivity index (χ2n) is 4.70. The zero-order valence-electron chi connectivity index (χ0n) is 12.9. The van der Waals surface area contributed by atoms with Gasteiger partial charge in [0.2, 0.25) is 0 Å². The Morgan fingerprint density at radius 3 is 2.00 bits per heavy atom. The Hall–Kier alpha value is -2.47. The number of nitrogens with two attached hydrogens (primary N) is 1. The molecule has 1 aromatic heterocycles. The van der Waals surface area contributed by atoms with Crippen molar-refractivity contribution in [3.05, 3.63) is 72.6 Å². The lowest BCUT2D eigenvalue weighted by atomic mass is 10.3. The molecule has 0 spiro atoms. The van der Waals surface area contributed by atoms with Crippen molar-refractivity contribution in [3.8, 4) is 11.5 Å². The van der Waals surface area contributed by atoms with E-state index in [0.29, 0.717) is 23.7 Å².